The first-order valence-electron chi connectivity index (χ1n) is 23.7. The van der Waals surface area contributed by atoms with Crippen molar-refractivity contribution in [3.8, 4) is 0 Å². The Hall–Kier alpha value is -0.200. The van der Waals surface area contributed by atoms with Gasteiger partial charge in [0, 0.05) is 58.9 Å². The molecule has 1 aliphatic rings. The fraction of sp³-hybridized carbons (Fsp3) is 1.00. The molecule has 1 fully saturated rings. The molecular formula is C46H96N4O. The molecule has 1 heterocycles. The highest BCUT2D eigenvalue weighted by atomic mass is 16.5. The van der Waals surface area contributed by atoms with E-state index in [1.165, 1.54) is 252 Å². The van der Waals surface area contributed by atoms with Crippen LogP contribution in [0.4, 0.5) is 0 Å². The maximum absolute atomic E-state index is 6.58. The number of hydrogen-bond donors (Lipinski definition) is 0. The van der Waals surface area contributed by atoms with Crippen molar-refractivity contribution in [3.05, 3.63) is 0 Å². The molecule has 0 N–H and O–H groups in total. The van der Waals surface area contributed by atoms with E-state index >= 15 is 0 Å². The first-order chi connectivity index (χ1) is 25.2. The van der Waals surface area contributed by atoms with Gasteiger partial charge in [-0.05, 0) is 25.8 Å². The monoisotopic (exact) mass is 721 g/mol. The molecule has 0 saturated carbocycles. The summed E-state index contributed by atoms with van der Waals surface area (Å²) in [6.07, 6.45) is 42.3. The van der Waals surface area contributed by atoms with Gasteiger partial charge in [-0.25, -0.2) is 0 Å². The fourth-order valence-corrected chi connectivity index (χ4v) is 7.86. The van der Waals surface area contributed by atoms with Crippen LogP contribution < -0.4 is 0 Å². The van der Waals surface area contributed by atoms with Gasteiger partial charge in [0.15, 0.2) is 0 Å². The third-order valence-corrected chi connectivity index (χ3v) is 11.7. The first-order valence-corrected chi connectivity index (χ1v) is 23.7. The van der Waals surface area contributed by atoms with Crippen molar-refractivity contribution in [2.45, 2.75) is 220 Å². The summed E-state index contributed by atoms with van der Waals surface area (Å²) in [5.41, 5.74) is 0. The minimum Gasteiger partial charge on any atom is -0.351 e. The van der Waals surface area contributed by atoms with Gasteiger partial charge in [0.05, 0.1) is 0 Å². The summed E-state index contributed by atoms with van der Waals surface area (Å²) in [5, 5.41) is 0. The average molecular weight is 721 g/mol. The molecule has 306 valence electrons. The summed E-state index contributed by atoms with van der Waals surface area (Å²) in [7, 11) is 0. The van der Waals surface area contributed by atoms with Gasteiger partial charge in [-0.15, -0.1) is 0 Å². The summed E-state index contributed by atoms with van der Waals surface area (Å²) in [5.74, 6) is 0. The number of rotatable bonds is 41. The minimum atomic E-state index is 0.804. The van der Waals surface area contributed by atoms with Gasteiger partial charge in [0.2, 0.25) is 0 Å². The molecule has 5 heteroatoms. The van der Waals surface area contributed by atoms with Crippen molar-refractivity contribution in [1.82, 2.24) is 19.6 Å². The molecule has 1 rings (SSSR count). The molecule has 0 unspecified atom stereocenters. The van der Waals surface area contributed by atoms with Crippen LogP contribution >= 0.6 is 0 Å². The van der Waals surface area contributed by atoms with Gasteiger partial charge < -0.3 is 9.64 Å². The van der Waals surface area contributed by atoms with Crippen LogP contribution in [0.15, 0.2) is 0 Å². The number of likely N-dealkylation sites (N-methyl/N-ethyl adjacent to an activating group) is 1. The highest BCUT2D eigenvalue weighted by Crippen LogP contribution is 2.14. The van der Waals surface area contributed by atoms with Crippen LogP contribution in [-0.4, -0.2) is 98.5 Å². The third kappa shape index (κ3) is 32.9. The molecule has 0 radical (unpaired) electrons. The smallest absolute Gasteiger partial charge is 0.101 e. The molecule has 0 atom stereocenters. The van der Waals surface area contributed by atoms with Crippen LogP contribution in [0.5, 0.6) is 0 Å². The molecular weight excluding hydrogens is 625 g/mol. The van der Waals surface area contributed by atoms with Crippen molar-refractivity contribution in [2.24, 2.45) is 0 Å². The Morgan fingerprint density at radius 3 is 0.922 bits per heavy atom. The zero-order valence-electron chi connectivity index (χ0n) is 35.9. The van der Waals surface area contributed by atoms with E-state index in [1.807, 2.05) is 0 Å². The standard InChI is InChI=1S/C46H96N4O/c1-5-9-12-15-18-21-24-27-30-33-36-49(37-34-31-28-25-22-19-16-13-10-6-2)45-51-46-50(44-43-48-41-39-47(8-4)40-42-48)38-35-32-29-26-23-20-17-14-11-7-3/h5-46H2,1-4H3. The van der Waals surface area contributed by atoms with Crippen LogP contribution in [0.2, 0.25) is 0 Å². The molecule has 0 bridgehead atoms. The molecule has 0 aromatic heterocycles. The molecule has 1 saturated heterocycles. The summed E-state index contributed by atoms with van der Waals surface area (Å²) in [6.45, 7) is 23.0. The SMILES string of the molecule is CCCCCCCCCCCCN(CCCCCCCCCCCC)COCN(CCCCCCCCCCCC)CCN1CCN(CC)CC1. The quantitative estimate of drug-likeness (QED) is 0.0462. The fourth-order valence-electron chi connectivity index (χ4n) is 7.86. The maximum atomic E-state index is 6.58. The zero-order valence-corrected chi connectivity index (χ0v) is 35.9. The van der Waals surface area contributed by atoms with Gasteiger partial charge in [0.1, 0.15) is 13.5 Å². The largest absolute Gasteiger partial charge is 0.351 e. The van der Waals surface area contributed by atoms with Crippen LogP contribution in [-0.2, 0) is 4.74 Å². The van der Waals surface area contributed by atoms with E-state index in [0.717, 1.165) is 20.0 Å². The Kier molecular flexibility index (Phi) is 37.8. The van der Waals surface area contributed by atoms with Crippen LogP contribution in [0.3, 0.4) is 0 Å². The highest BCUT2D eigenvalue weighted by Gasteiger charge is 2.17. The lowest BCUT2D eigenvalue weighted by Gasteiger charge is -2.35. The van der Waals surface area contributed by atoms with Crippen molar-refractivity contribution < 1.29 is 4.74 Å². The van der Waals surface area contributed by atoms with E-state index in [2.05, 4.69) is 47.3 Å². The number of hydrogen-bond acceptors (Lipinski definition) is 5. The summed E-state index contributed by atoms with van der Waals surface area (Å²) in [4.78, 5) is 10.6. The molecule has 1 aliphatic heterocycles. The van der Waals surface area contributed by atoms with E-state index in [9.17, 15) is 0 Å². The Morgan fingerprint density at radius 1 is 0.333 bits per heavy atom. The van der Waals surface area contributed by atoms with Crippen LogP contribution in [0, 0.1) is 0 Å². The van der Waals surface area contributed by atoms with Crippen molar-refractivity contribution in [2.75, 3.05) is 78.9 Å². The topological polar surface area (TPSA) is 22.2 Å². The molecule has 0 aromatic carbocycles. The lowest BCUT2D eigenvalue weighted by molar-refractivity contribution is -0.0349. The Bertz CT molecular complexity index is 631. The second kappa shape index (κ2) is 39.5. The van der Waals surface area contributed by atoms with Gasteiger partial charge in [-0.2, -0.15) is 0 Å². The van der Waals surface area contributed by atoms with Gasteiger partial charge in [-0.3, -0.25) is 14.7 Å². The van der Waals surface area contributed by atoms with E-state index < -0.39 is 0 Å². The Morgan fingerprint density at radius 2 is 0.608 bits per heavy atom. The average Bonchev–Trinajstić information content (AvgIpc) is 3.15. The van der Waals surface area contributed by atoms with Gasteiger partial charge >= 0.3 is 0 Å². The van der Waals surface area contributed by atoms with E-state index in [-0.39, 0.29) is 0 Å². The van der Waals surface area contributed by atoms with Crippen molar-refractivity contribution >= 4 is 0 Å². The number of nitrogens with zero attached hydrogens (tertiary/aromatic N) is 4. The van der Waals surface area contributed by atoms with Crippen LogP contribution in [0.25, 0.3) is 0 Å². The molecule has 0 aliphatic carbocycles. The van der Waals surface area contributed by atoms with E-state index in [4.69, 9.17) is 4.74 Å². The second-order valence-corrected chi connectivity index (χ2v) is 16.5. The Labute approximate surface area is 322 Å². The predicted molar refractivity (Wildman–Crippen MR) is 228 cm³/mol. The van der Waals surface area contributed by atoms with E-state index in [1.54, 1.807) is 0 Å². The lowest BCUT2D eigenvalue weighted by Crippen LogP contribution is -2.48. The minimum absolute atomic E-state index is 0.804. The summed E-state index contributed by atoms with van der Waals surface area (Å²) >= 11 is 0. The highest BCUT2D eigenvalue weighted by molar-refractivity contribution is 4.72. The number of ether oxygens (including phenoxy) is 1. The Balaban J connectivity index is 2.46. The third-order valence-electron chi connectivity index (χ3n) is 11.7. The normalized spacial score (nSPS) is 14.5. The molecule has 5 nitrogen and oxygen atoms in total. The summed E-state index contributed by atoms with van der Waals surface area (Å²) in [6, 6.07) is 0. The number of unbranched alkanes of at least 4 members (excludes halogenated alkanes) is 27. The predicted octanol–water partition coefficient (Wildman–Crippen LogP) is 12.9. The van der Waals surface area contributed by atoms with Gasteiger partial charge in [-0.1, -0.05) is 201 Å². The first kappa shape index (κ1) is 48.8. The van der Waals surface area contributed by atoms with Gasteiger partial charge in [0.25, 0.3) is 0 Å². The lowest BCUT2D eigenvalue weighted by atomic mass is 10.1. The van der Waals surface area contributed by atoms with Crippen molar-refractivity contribution in [3.63, 3.8) is 0 Å². The number of piperazine rings is 1. The maximum Gasteiger partial charge on any atom is 0.101 e. The molecule has 51 heavy (non-hydrogen) atoms. The van der Waals surface area contributed by atoms with Crippen molar-refractivity contribution in [1.29, 1.82) is 0 Å². The zero-order chi connectivity index (χ0) is 36.7. The summed E-state index contributed by atoms with van der Waals surface area (Å²) < 4.78 is 6.58. The molecule has 0 amide bonds. The molecule has 0 aromatic rings. The molecule has 0 spiro atoms. The second-order valence-electron chi connectivity index (χ2n) is 16.5. The van der Waals surface area contributed by atoms with E-state index in [0.29, 0.717) is 0 Å². The van der Waals surface area contributed by atoms with Crippen LogP contribution in [0.1, 0.15) is 220 Å².